The van der Waals surface area contributed by atoms with Crippen molar-refractivity contribution < 1.29 is 9.84 Å². The predicted octanol–water partition coefficient (Wildman–Crippen LogP) is 2.33. The van der Waals surface area contributed by atoms with Crippen LogP contribution >= 0.6 is 22.9 Å². The van der Waals surface area contributed by atoms with Crippen molar-refractivity contribution in [3.05, 3.63) is 29.8 Å². The number of aliphatic hydroxyl groups is 1. The van der Waals surface area contributed by atoms with Crippen LogP contribution in [0.1, 0.15) is 18.4 Å². The molecule has 0 aliphatic carbocycles. The molecule has 1 heterocycles. The van der Waals surface area contributed by atoms with Crippen LogP contribution in [-0.2, 0) is 5.60 Å². The fourth-order valence-electron chi connectivity index (χ4n) is 2.04. The zero-order valence-electron chi connectivity index (χ0n) is 9.32. The highest BCUT2D eigenvalue weighted by Gasteiger charge is 2.33. The van der Waals surface area contributed by atoms with Gasteiger partial charge in [-0.3, -0.25) is 0 Å². The van der Waals surface area contributed by atoms with Crippen molar-refractivity contribution in [2.24, 2.45) is 0 Å². The van der Waals surface area contributed by atoms with Crippen molar-refractivity contribution in [1.82, 2.24) is 3.11 Å². The number of nitrogens with zero attached hydrogens (tertiary/aromatic N) is 1. The average molecular weight is 333 g/mol. The molecule has 1 aliphatic heterocycles. The minimum atomic E-state index is -0.659. The lowest BCUT2D eigenvalue weighted by Crippen LogP contribution is -2.38. The Labute approximate surface area is 110 Å². The van der Waals surface area contributed by atoms with Gasteiger partial charge in [0.25, 0.3) is 0 Å². The van der Waals surface area contributed by atoms with E-state index < -0.39 is 5.60 Å². The molecule has 4 heteroatoms. The van der Waals surface area contributed by atoms with Crippen molar-refractivity contribution in [3.8, 4) is 5.75 Å². The van der Waals surface area contributed by atoms with Crippen LogP contribution in [0.3, 0.4) is 0 Å². The second kappa shape index (κ2) is 4.89. The first kappa shape index (κ1) is 12.1. The summed E-state index contributed by atoms with van der Waals surface area (Å²) in [6, 6.07) is 7.73. The molecular formula is C12H16INO2. The smallest absolute Gasteiger partial charge is 0.118 e. The Balaban J connectivity index is 2.16. The number of benzene rings is 1. The maximum atomic E-state index is 10.6. The summed E-state index contributed by atoms with van der Waals surface area (Å²) < 4.78 is 7.33. The summed E-state index contributed by atoms with van der Waals surface area (Å²) in [6.45, 7) is 1.87. The molecule has 16 heavy (non-hydrogen) atoms. The van der Waals surface area contributed by atoms with Crippen molar-refractivity contribution in [1.29, 1.82) is 0 Å². The molecule has 1 aliphatic rings. The monoisotopic (exact) mass is 333 g/mol. The first-order valence-corrected chi connectivity index (χ1v) is 6.38. The Morgan fingerprint density at radius 2 is 1.81 bits per heavy atom. The van der Waals surface area contributed by atoms with Gasteiger partial charge in [-0.25, -0.2) is 3.11 Å². The topological polar surface area (TPSA) is 32.7 Å². The van der Waals surface area contributed by atoms with Crippen LogP contribution in [0.2, 0.25) is 0 Å². The van der Waals surface area contributed by atoms with Crippen LogP contribution in [0, 0.1) is 0 Å². The standard InChI is InChI=1S/C12H16INO2/c1-16-11-4-2-10(3-5-11)12(15)6-8-14(13)9-7-12/h2-5,15H,6-9H2,1H3. The highest BCUT2D eigenvalue weighted by molar-refractivity contribution is 14.1. The molecule has 0 aromatic heterocycles. The second-order valence-corrected chi connectivity index (χ2v) is 5.53. The maximum absolute atomic E-state index is 10.6. The van der Waals surface area contributed by atoms with E-state index in [-0.39, 0.29) is 0 Å². The Hall–Kier alpha value is -0.330. The third-order valence-corrected chi connectivity index (χ3v) is 4.13. The quantitative estimate of drug-likeness (QED) is 0.666. The molecule has 88 valence electrons. The summed E-state index contributed by atoms with van der Waals surface area (Å²) in [7, 11) is 1.65. The molecule has 0 unspecified atom stereocenters. The third-order valence-electron chi connectivity index (χ3n) is 3.16. The van der Waals surface area contributed by atoms with Gasteiger partial charge in [-0.05, 0) is 30.5 Å². The van der Waals surface area contributed by atoms with Crippen LogP contribution in [0.5, 0.6) is 5.75 Å². The number of hydrogen-bond acceptors (Lipinski definition) is 3. The molecule has 2 rings (SSSR count). The summed E-state index contributed by atoms with van der Waals surface area (Å²) >= 11 is 2.31. The Kier molecular flexibility index (Phi) is 3.71. The van der Waals surface area contributed by atoms with Crippen LogP contribution < -0.4 is 4.74 Å². The van der Waals surface area contributed by atoms with E-state index in [1.165, 1.54) is 0 Å². The van der Waals surface area contributed by atoms with Crippen molar-refractivity contribution in [2.75, 3.05) is 20.2 Å². The van der Waals surface area contributed by atoms with E-state index in [4.69, 9.17) is 4.74 Å². The minimum Gasteiger partial charge on any atom is -0.497 e. The van der Waals surface area contributed by atoms with Gasteiger partial charge in [0, 0.05) is 36.0 Å². The van der Waals surface area contributed by atoms with E-state index in [0.29, 0.717) is 0 Å². The predicted molar refractivity (Wildman–Crippen MR) is 71.7 cm³/mol. The largest absolute Gasteiger partial charge is 0.497 e. The number of hydrogen-bond donors (Lipinski definition) is 1. The fourth-order valence-corrected chi connectivity index (χ4v) is 2.52. The average Bonchev–Trinajstić information content (AvgIpc) is 2.33. The summed E-state index contributed by atoms with van der Waals surface area (Å²) in [6.07, 6.45) is 1.59. The van der Waals surface area contributed by atoms with Crippen molar-refractivity contribution in [3.63, 3.8) is 0 Å². The van der Waals surface area contributed by atoms with Gasteiger partial charge in [0.15, 0.2) is 0 Å². The molecule has 0 saturated carbocycles. The van der Waals surface area contributed by atoms with Gasteiger partial charge in [0.2, 0.25) is 0 Å². The molecule has 1 aromatic rings. The zero-order valence-corrected chi connectivity index (χ0v) is 11.5. The summed E-state index contributed by atoms with van der Waals surface area (Å²) in [4.78, 5) is 0. The molecule has 0 bridgehead atoms. The SMILES string of the molecule is COc1ccc(C2(O)CCN(I)CC2)cc1. The van der Waals surface area contributed by atoms with E-state index in [1.54, 1.807) is 7.11 Å². The molecule has 3 nitrogen and oxygen atoms in total. The minimum absolute atomic E-state index is 0.659. The van der Waals surface area contributed by atoms with Gasteiger partial charge in [-0.2, -0.15) is 0 Å². The second-order valence-electron chi connectivity index (χ2n) is 4.17. The lowest BCUT2D eigenvalue weighted by molar-refractivity contribution is -0.00527. The number of piperidine rings is 1. The zero-order chi connectivity index (χ0) is 11.6. The lowest BCUT2D eigenvalue weighted by Gasteiger charge is -2.36. The van der Waals surface area contributed by atoms with Gasteiger partial charge in [-0.15, -0.1) is 0 Å². The lowest BCUT2D eigenvalue weighted by atomic mass is 9.85. The molecule has 1 N–H and O–H groups in total. The third kappa shape index (κ3) is 2.49. The fraction of sp³-hybridized carbons (Fsp3) is 0.500. The van der Waals surface area contributed by atoms with E-state index in [1.807, 2.05) is 24.3 Å². The number of halogens is 1. The molecule has 0 spiro atoms. The Morgan fingerprint density at radius 1 is 1.25 bits per heavy atom. The first-order chi connectivity index (χ1) is 7.64. The Bertz CT molecular complexity index is 345. The molecule has 1 fully saturated rings. The molecule has 0 amide bonds. The van der Waals surface area contributed by atoms with Gasteiger partial charge in [-0.1, -0.05) is 12.1 Å². The van der Waals surface area contributed by atoms with Crippen LogP contribution in [0.25, 0.3) is 0 Å². The highest BCUT2D eigenvalue weighted by Crippen LogP contribution is 2.34. The van der Waals surface area contributed by atoms with E-state index in [0.717, 1.165) is 37.2 Å². The highest BCUT2D eigenvalue weighted by atomic mass is 127. The number of rotatable bonds is 2. The van der Waals surface area contributed by atoms with Crippen molar-refractivity contribution >= 4 is 22.9 Å². The van der Waals surface area contributed by atoms with Crippen LogP contribution in [0.15, 0.2) is 24.3 Å². The van der Waals surface area contributed by atoms with E-state index in [9.17, 15) is 5.11 Å². The van der Waals surface area contributed by atoms with Crippen LogP contribution in [-0.4, -0.2) is 28.4 Å². The number of ether oxygens (including phenoxy) is 1. The van der Waals surface area contributed by atoms with Crippen LogP contribution in [0.4, 0.5) is 0 Å². The molecule has 0 radical (unpaired) electrons. The number of methoxy groups -OCH3 is 1. The van der Waals surface area contributed by atoms with Gasteiger partial charge >= 0.3 is 0 Å². The van der Waals surface area contributed by atoms with Gasteiger partial charge < -0.3 is 9.84 Å². The molecule has 1 aromatic carbocycles. The molecule has 0 atom stereocenters. The normalized spacial score (nSPS) is 20.7. The van der Waals surface area contributed by atoms with E-state index >= 15 is 0 Å². The summed E-state index contributed by atoms with van der Waals surface area (Å²) in [5.41, 5.74) is 0.339. The van der Waals surface area contributed by atoms with E-state index in [2.05, 4.69) is 26.0 Å². The molecule has 1 saturated heterocycles. The maximum Gasteiger partial charge on any atom is 0.118 e. The summed E-state index contributed by atoms with van der Waals surface area (Å²) in [5, 5.41) is 10.6. The first-order valence-electron chi connectivity index (χ1n) is 5.42. The van der Waals surface area contributed by atoms with Crippen molar-refractivity contribution in [2.45, 2.75) is 18.4 Å². The summed E-state index contributed by atoms with van der Waals surface area (Å²) in [5.74, 6) is 0.832. The molecular weight excluding hydrogens is 317 g/mol. The van der Waals surface area contributed by atoms with Gasteiger partial charge in [0.1, 0.15) is 5.75 Å². The van der Waals surface area contributed by atoms with Gasteiger partial charge in [0.05, 0.1) is 12.7 Å². The Morgan fingerprint density at radius 3 is 2.31 bits per heavy atom.